The second-order valence-corrected chi connectivity index (χ2v) is 4.04. The molecule has 20 heavy (non-hydrogen) atoms. The van der Waals surface area contributed by atoms with E-state index in [0.29, 0.717) is 11.4 Å². The number of rotatable bonds is 4. The van der Waals surface area contributed by atoms with Gasteiger partial charge in [0.1, 0.15) is 23.4 Å². The SMILES string of the molecule is COc1ccccc1NC(C#N)c1c(F)cccc1F. The first kappa shape index (κ1) is 13.8. The molecule has 0 spiro atoms. The van der Waals surface area contributed by atoms with Crippen molar-refractivity contribution in [3.05, 3.63) is 59.7 Å². The molecule has 0 bridgehead atoms. The molecule has 102 valence electrons. The Balaban J connectivity index is 2.37. The Hall–Kier alpha value is -2.61. The van der Waals surface area contributed by atoms with Crippen LogP contribution in [-0.2, 0) is 0 Å². The molecule has 0 radical (unpaired) electrons. The number of nitrogens with one attached hydrogen (secondary N) is 1. The summed E-state index contributed by atoms with van der Waals surface area (Å²) in [5.41, 5.74) is 0.185. The molecule has 0 fully saturated rings. The van der Waals surface area contributed by atoms with Crippen LogP contribution in [0, 0.1) is 23.0 Å². The molecule has 0 amide bonds. The maximum atomic E-state index is 13.7. The Morgan fingerprint density at radius 2 is 1.75 bits per heavy atom. The maximum absolute atomic E-state index is 13.7. The van der Waals surface area contributed by atoms with Gasteiger partial charge in [-0.2, -0.15) is 5.26 Å². The van der Waals surface area contributed by atoms with Gasteiger partial charge in [-0.1, -0.05) is 18.2 Å². The van der Waals surface area contributed by atoms with Crippen molar-refractivity contribution in [3.8, 4) is 11.8 Å². The van der Waals surface area contributed by atoms with Crippen molar-refractivity contribution in [1.29, 1.82) is 5.26 Å². The van der Waals surface area contributed by atoms with Gasteiger partial charge in [0.2, 0.25) is 0 Å². The number of benzene rings is 2. The minimum Gasteiger partial charge on any atom is -0.495 e. The predicted octanol–water partition coefficient (Wildman–Crippen LogP) is 3.65. The molecule has 0 aliphatic rings. The lowest BCUT2D eigenvalue weighted by Gasteiger charge is -2.16. The zero-order valence-corrected chi connectivity index (χ0v) is 10.7. The first-order valence-corrected chi connectivity index (χ1v) is 5.90. The highest BCUT2D eigenvalue weighted by atomic mass is 19.1. The average Bonchev–Trinajstić information content (AvgIpc) is 2.46. The Bertz CT molecular complexity index is 632. The van der Waals surface area contributed by atoms with Gasteiger partial charge in [-0.3, -0.25) is 0 Å². The maximum Gasteiger partial charge on any atom is 0.146 e. The summed E-state index contributed by atoms with van der Waals surface area (Å²) < 4.78 is 32.5. The van der Waals surface area contributed by atoms with Gasteiger partial charge in [-0.05, 0) is 24.3 Å². The highest BCUT2D eigenvalue weighted by molar-refractivity contribution is 5.58. The zero-order chi connectivity index (χ0) is 14.5. The van der Waals surface area contributed by atoms with E-state index in [1.165, 1.54) is 13.2 Å². The second-order valence-electron chi connectivity index (χ2n) is 4.04. The van der Waals surface area contributed by atoms with Gasteiger partial charge < -0.3 is 10.1 Å². The van der Waals surface area contributed by atoms with Gasteiger partial charge in [-0.25, -0.2) is 8.78 Å². The van der Waals surface area contributed by atoms with E-state index in [2.05, 4.69) is 5.32 Å². The van der Waals surface area contributed by atoms with Crippen molar-refractivity contribution >= 4 is 5.69 Å². The molecule has 3 nitrogen and oxygen atoms in total. The Morgan fingerprint density at radius 1 is 1.10 bits per heavy atom. The fourth-order valence-corrected chi connectivity index (χ4v) is 1.87. The molecule has 0 aromatic heterocycles. The molecular weight excluding hydrogens is 262 g/mol. The summed E-state index contributed by atoms with van der Waals surface area (Å²) in [4.78, 5) is 0. The zero-order valence-electron chi connectivity index (χ0n) is 10.7. The van der Waals surface area contributed by atoms with E-state index in [0.717, 1.165) is 12.1 Å². The second kappa shape index (κ2) is 6.02. The van der Waals surface area contributed by atoms with Crippen molar-refractivity contribution in [1.82, 2.24) is 0 Å². The Labute approximate surface area is 115 Å². The molecular formula is C15H12F2N2O. The molecule has 2 aromatic carbocycles. The summed E-state index contributed by atoms with van der Waals surface area (Å²) >= 11 is 0. The lowest BCUT2D eigenvalue weighted by Crippen LogP contribution is -2.13. The lowest BCUT2D eigenvalue weighted by atomic mass is 10.1. The quantitative estimate of drug-likeness (QED) is 0.925. The van der Waals surface area contributed by atoms with Gasteiger partial charge in [0.15, 0.2) is 0 Å². The van der Waals surface area contributed by atoms with Crippen LogP contribution < -0.4 is 10.1 Å². The van der Waals surface area contributed by atoms with Crippen LogP contribution in [0.5, 0.6) is 5.75 Å². The number of para-hydroxylation sites is 2. The van der Waals surface area contributed by atoms with Crippen molar-refractivity contribution in [3.63, 3.8) is 0 Å². The number of hydrogen-bond donors (Lipinski definition) is 1. The van der Waals surface area contributed by atoms with Crippen LogP contribution in [0.1, 0.15) is 11.6 Å². The van der Waals surface area contributed by atoms with Gasteiger partial charge in [0.25, 0.3) is 0 Å². The number of hydrogen-bond acceptors (Lipinski definition) is 3. The van der Waals surface area contributed by atoms with Crippen LogP contribution in [0.25, 0.3) is 0 Å². The van der Waals surface area contributed by atoms with Gasteiger partial charge in [0, 0.05) is 0 Å². The summed E-state index contributed by atoms with van der Waals surface area (Å²) in [5, 5.41) is 11.9. The number of methoxy groups -OCH3 is 1. The standard InChI is InChI=1S/C15H12F2N2O/c1-20-14-8-3-2-7-12(14)19-13(9-18)15-10(16)5-4-6-11(15)17/h2-8,13,19H,1H3. The molecule has 5 heteroatoms. The minimum absolute atomic E-state index is 0.305. The third-order valence-electron chi connectivity index (χ3n) is 2.82. The van der Waals surface area contributed by atoms with Crippen molar-refractivity contribution in [2.45, 2.75) is 6.04 Å². The number of halogens is 2. The van der Waals surface area contributed by atoms with E-state index in [-0.39, 0.29) is 5.56 Å². The predicted molar refractivity (Wildman–Crippen MR) is 71.3 cm³/mol. The third-order valence-corrected chi connectivity index (χ3v) is 2.82. The summed E-state index contributed by atoms with van der Waals surface area (Å²) in [5.74, 6) is -1.04. The number of nitrogens with zero attached hydrogens (tertiary/aromatic N) is 1. The molecule has 0 saturated carbocycles. The monoisotopic (exact) mass is 274 g/mol. The topological polar surface area (TPSA) is 45.0 Å². The van der Waals surface area contributed by atoms with E-state index in [1.807, 2.05) is 6.07 Å². The van der Waals surface area contributed by atoms with Crippen molar-refractivity contribution in [2.24, 2.45) is 0 Å². The highest BCUT2D eigenvalue weighted by Crippen LogP contribution is 2.29. The summed E-state index contributed by atoms with van der Waals surface area (Å²) in [6.45, 7) is 0. The molecule has 1 unspecified atom stereocenters. The van der Waals surface area contributed by atoms with E-state index >= 15 is 0 Å². The average molecular weight is 274 g/mol. The van der Waals surface area contributed by atoms with Crippen LogP contribution in [0.3, 0.4) is 0 Å². The molecule has 2 aromatic rings. The van der Waals surface area contributed by atoms with Gasteiger partial charge >= 0.3 is 0 Å². The fourth-order valence-electron chi connectivity index (χ4n) is 1.87. The van der Waals surface area contributed by atoms with E-state index in [9.17, 15) is 8.78 Å². The number of anilines is 1. The number of nitriles is 1. The van der Waals surface area contributed by atoms with E-state index in [4.69, 9.17) is 10.00 Å². The largest absolute Gasteiger partial charge is 0.495 e. The molecule has 2 rings (SSSR count). The molecule has 0 heterocycles. The van der Waals surface area contributed by atoms with E-state index in [1.54, 1.807) is 24.3 Å². The summed E-state index contributed by atoms with van der Waals surface area (Å²) in [6, 6.07) is 11.0. The van der Waals surface area contributed by atoms with Gasteiger partial charge in [0.05, 0.1) is 24.4 Å². The first-order valence-electron chi connectivity index (χ1n) is 5.90. The molecule has 0 aliphatic heterocycles. The lowest BCUT2D eigenvalue weighted by molar-refractivity contribution is 0.416. The molecule has 1 N–H and O–H groups in total. The Morgan fingerprint density at radius 3 is 2.35 bits per heavy atom. The fraction of sp³-hybridized carbons (Fsp3) is 0.133. The Kier molecular flexibility index (Phi) is 4.16. The molecule has 1 atom stereocenters. The normalized spacial score (nSPS) is 11.5. The third kappa shape index (κ3) is 2.69. The highest BCUT2D eigenvalue weighted by Gasteiger charge is 2.20. The smallest absolute Gasteiger partial charge is 0.146 e. The molecule has 0 saturated heterocycles. The van der Waals surface area contributed by atoms with Crippen LogP contribution >= 0.6 is 0 Å². The van der Waals surface area contributed by atoms with Crippen LogP contribution in [0.4, 0.5) is 14.5 Å². The van der Waals surface area contributed by atoms with Crippen molar-refractivity contribution in [2.75, 3.05) is 12.4 Å². The number of ether oxygens (including phenoxy) is 1. The van der Waals surface area contributed by atoms with Crippen molar-refractivity contribution < 1.29 is 13.5 Å². The minimum atomic E-state index is -1.15. The van der Waals surface area contributed by atoms with E-state index < -0.39 is 17.7 Å². The molecule has 0 aliphatic carbocycles. The van der Waals surface area contributed by atoms with Crippen LogP contribution in [0.2, 0.25) is 0 Å². The summed E-state index contributed by atoms with van der Waals surface area (Å²) in [6.07, 6.45) is 0. The van der Waals surface area contributed by atoms with Crippen LogP contribution in [-0.4, -0.2) is 7.11 Å². The summed E-state index contributed by atoms with van der Waals surface area (Å²) in [7, 11) is 1.48. The van der Waals surface area contributed by atoms with Crippen LogP contribution in [0.15, 0.2) is 42.5 Å². The first-order chi connectivity index (χ1) is 9.67. The van der Waals surface area contributed by atoms with Gasteiger partial charge in [-0.15, -0.1) is 0 Å².